The van der Waals surface area contributed by atoms with Gasteiger partial charge in [0.1, 0.15) is 10.8 Å². The average molecular weight is 415 g/mol. The van der Waals surface area contributed by atoms with Crippen molar-refractivity contribution < 1.29 is 4.79 Å². The van der Waals surface area contributed by atoms with E-state index in [4.69, 9.17) is 0 Å². The van der Waals surface area contributed by atoms with Gasteiger partial charge < -0.3 is 10.6 Å². The molecule has 0 aliphatic rings. The molecule has 0 unspecified atom stereocenters. The van der Waals surface area contributed by atoms with Crippen molar-refractivity contribution in [3.63, 3.8) is 0 Å². The summed E-state index contributed by atoms with van der Waals surface area (Å²) in [5.41, 5.74) is 3.79. The summed E-state index contributed by atoms with van der Waals surface area (Å²) in [6.07, 6.45) is 5.35. The van der Waals surface area contributed by atoms with Crippen molar-refractivity contribution in [2.75, 3.05) is 10.6 Å². The number of nitrogens with one attached hydrogen (secondary N) is 2. The Morgan fingerprint density at radius 2 is 1.77 bits per heavy atom. The number of anilines is 2. The van der Waals surface area contributed by atoms with Gasteiger partial charge in [0.25, 0.3) is 5.91 Å². The van der Waals surface area contributed by atoms with Gasteiger partial charge in [0.15, 0.2) is 0 Å². The van der Waals surface area contributed by atoms with Gasteiger partial charge in [-0.2, -0.15) is 0 Å². The predicted molar refractivity (Wildman–Crippen MR) is 122 cm³/mol. The van der Waals surface area contributed by atoms with Crippen molar-refractivity contribution in [1.82, 2.24) is 9.97 Å². The van der Waals surface area contributed by atoms with Crippen LogP contribution in [0.3, 0.4) is 0 Å². The Bertz CT molecular complexity index is 1130. The molecule has 0 saturated heterocycles. The molecule has 0 fully saturated rings. The minimum atomic E-state index is -0.204. The van der Waals surface area contributed by atoms with Crippen molar-refractivity contribution >= 4 is 28.1 Å². The second-order valence-corrected chi connectivity index (χ2v) is 8.15. The standard InChI is InChI=1S/C24H22N4OS/c1-16-17(2)30-24(28-23(29)18-9-4-3-5-10-18)21(16)22(19-11-8-13-25-15-19)27-20-12-6-7-14-26-20/h3-15,22H,1-2H3,(H,26,27)(H,28,29)/t22-/m0/s1. The van der Waals surface area contributed by atoms with E-state index in [0.717, 1.165) is 32.4 Å². The molecule has 1 aromatic carbocycles. The molecule has 0 bridgehead atoms. The minimum Gasteiger partial charge on any atom is -0.359 e. The molecule has 0 saturated carbocycles. The van der Waals surface area contributed by atoms with E-state index < -0.39 is 0 Å². The van der Waals surface area contributed by atoms with Crippen LogP contribution in [0.2, 0.25) is 0 Å². The van der Waals surface area contributed by atoms with Crippen LogP contribution in [0.4, 0.5) is 10.8 Å². The maximum atomic E-state index is 12.9. The number of hydrogen-bond acceptors (Lipinski definition) is 5. The fourth-order valence-electron chi connectivity index (χ4n) is 3.31. The van der Waals surface area contributed by atoms with Gasteiger partial charge >= 0.3 is 0 Å². The SMILES string of the molecule is Cc1sc(NC(=O)c2ccccc2)c([C@@H](Nc2ccccn2)c2cccnc2)c1C. The Labute approximate surface area is 179 Å². The number of pyridine rings is 2. The number of aromatic nitrogens is 2. The van der Waals surface area contributed by atoms with E-state index in [0.29, 0.717) is 5.56 Å². The van der Waals surface area contributed by atoms with Gasteiger partial charge in [-0.25, -0.2) is 4.98 Å². The molecule has 2 N–H and O–H groups in total. The monoisotopic (exact) mass is 414 g/mol. The highest BCUT2D eigenvalue weighted by molar-refractivity contribution is 7.16. The molecule has 150 valence electrons. The lowest BCUT2D eigenvalue weighted by Crippen LogP contribution is -2.18. The van der Waals surface area contributed by atoms with Gasteiger partial charge in [-0.05, 0) is 55.3 Å². The zero-order chi connectivity index (χ0) is 20.9. The number of carbonyl (C=O) groups is 1. The van der Waals surface area contributed by atoms with Gasteiger partial charge in [-0.15, -0.1) is 11.3 Å². The lowest BCUT2D eigenvalue weighted by atomic mass is 9.97. The van der Waals surface area contributed by atoms with Crippen LogP contribution >= 0.6 is 11.3 Å². The molecule has 0 aliphatic carbocycles. The Morgan fingerprint density at radius 1 is 0.967 bits per heavy atom. The first-order valence-electron chi connectivity index (χ1n) is 9.67. The molecule has 30 heavy (non-hydrogen) atoms. The number of amides is 1. The predicted octanol–water partition coefficient (Wildman–Crippen LogP) is 5.61. The third-order valence-corrected chi connectivity index (χ3v) is 6.10. The van der Waals surface area contributed by atoms with Gasteiger partial charge in [0, 0.05) is 34.6 Å². The van der Waals surface area contributed by atoms with E-state index in [1.807, 2.05) is 66.9 Å². The summed E-state index contributed by atoms with van der Waals surface area (Å²) >= 11 is 1.58. The summed E-state index contributed by atoms with van der Waals surface area (Å²) in [5.74, 6) is 0.635. The normalized spacial score (nSPS) is 11.7. The van der Waals surface area contributed by atoms with Crippen LogP contribution in [0, 0.1) is 13.8 Å². The average Bonchev–Trinajstić information content (AvgIpc) is 3.07. The number of benzene rings is 1. The number of rotatable bonds is 6. The van der Waals surface area contributed by atoms with Crippen LogP contribution in [0.5, 0.6) is 0 Å². The van der Waals surface area contributed by atoms with Crippen LogP contribution in [0.15, 0.2) is 79.3 Å². The van der Waals surface area contributed by atoms with E-state index in [1.165, 1.54) is 0 Å². The van der Waals surface area contributed by atoms with E-state index in [1.54, 1.807) is 23.7 Å². The summed E-state index contributed by atoms with van der Waals surface area (Å²) < 4.78 is 0. The minimum absolute atomic E-state index is 0.124. The molecule has 6 heteroatoms. The van der Waals surface area contributed by atoms with E-state index in [-0.39, 0.29) is 11.9 Å². The molecule has 5 nitrogen and oxygen atoms in total. The number of hydrogen-bond donors (Lipinski definition) is 2. The molecule has 0 radical (unpaired) electrons. The zero-order valence-electron chi connectivity index (χ0n) is 16.8. The van der Waals surface area contributed by atoms with Crippen molar-refractivity contribution in [1.29, 1.82) is 0 Å². The number of aryl methyl sites for hydroxylation is 1. The summed E-state index contributed by atoms with van der Waals surface area (Å²) in [7, 11) is 0. The molecule has 0 spiro atoms. The van der Waals surface area contributed by atoms with Gasteiger partial charge in [-0.1, -0.05) is 30.3 Å². The first-order valence-corrected chi connectivity index (χ1v) is 10.5. The highest BCUT2D eigenvalue weighted by Gasteiger charge is 2.25. The molecule has 3 heterocycles. The Hall–Kier alpha value is -3.51. The maximum absolute atomic E-state index is 12.9. The largest absolute Gasteiger partial charge is 0.359 e. The van der Waals surface area contributed by atoms with Gasteiger partial charge in [0.2, 0.25) is 0 Å². The molecule has 4 aromatic rings. The van der Waals surface area contributed by atoms with Crippen molar-refractivity contribution in [2.24, 2.45) is 0 Å². The highest BCUT2D eigenvalue weighted by Crippen LogP contribution is 2.40. The summed E-state index contributed by atoms with van der Waals surface area (Å²) in [6, 6.07) is 18.8. The van der Waals surface area contributed by atoms with Crippen LogP contribution in [-0.4, -0.2) is 15.9 Å². The van der Waals surface area contributed by atoms with Gasteiger partial charge in [-0.3, -0.25) is 9.78 Å². The second kappa shape index (κ2) is 8.88. The quantitative estimate of drug-likeness (QED) is 0.430. The number of nitrogens with zero attached hydrogens (tertiary/aromatic N) is 2. The van der Waals surface area contributed by atoms with Crippen molar-refractivity contribution in [3.05, 3.63) is 106 Å². The molecule has 4 rings (SSSR count). The fourth-order valence-corrected chi connectivity index (χ4v) is 4.41. The van der Waals surface area contributed by atoms with Crippen LogP contribution < -0.4 is 10.6 Å². The molecule has 3 aromatic heterocycles. The third kappa shape index (κ3) is 4.23. The zero-order valence-corrected chi connectivity index (χ0v) is 17.6. The topological polar surface area (TPSA) is 66.9 Å². The summed E-state index contributed by atoms with van der Waals surface area (Å²) in [6.45, 7) is 4.16. The molecular formula is C24H22N4OS. The molecular weight excluding hydrogens is 392 g/mol. The van der Waals surface area contributed by atoms with Crippen LogP contribution in [-0.2, 0) is 0 Å². The van der Waals surface area contributed by atoms with Crippen LogP contribution in [0.1, 0.15) is 38.0 Å². The lowest BCUT2D eigenvalue weighted by molar-refractivity contribution is 0.102. The molecule has 1 amide bonds. The Morgan fingerprint density at radius 3 is 2.47 bits per heavy atom. The summed E-state index contributed by atoms with van der Waals surface area (Å²) in [5, 5.41) is 7.48. The smallest absolute Gasteiger partial charge is 0.256 e. The first-order chi connectivity index (χ1) is 14.6. The van der Waals surface area contributed by atoms with E-state index in [9.17, 15) is 4.79 Å². The Kier molecular flexibility index (Phi) is 5.86. The number of carbonyl (C=O) groups excluding carboxylic acids is 1. The molecule has 1 atom stereocenters. The second-order valence-electron chi connectivity index (χ2n) is 6.92. The first kappa shape index (κ1) is 19.8. The van der Waals surface area contributed by atoms with Crippen LogP contribution in [0.25, 0.3) is 0 Å². The molecule has 0 aliphatic heterocycles. The maximum Gasteiger partial charge on any atom is 0.256 e. The third-order valence-electron chi connectivity index (χ3n) is 4.96. The lowest BCUT2D eigenvalue weighted by Gasteiger charge is -2.22. The van der Waals surface area contributed by atoms with E-state index in [2.05, 4.69) is 34.4 Å². The fraction of sp³-hybridized carbons (Fsp3) is 0.125. The highest BCUT2D eigenvalue weighted by atomic mass is 32.1. The van der Waals surface area contributed by atoms with E-state index >= 15 is 0 Å². The van der Waals surface area contributed by atoms with Gasteiger partial charge in [0.05, 0.1) is 6.04 Å². The van der Waals surface area contributed by atoms with Crippen molar-refractivity contribution in [3.8, 4) is 0 Å². The Balaban J connectivity index is 1.76. The summed E-state index contributed by atoms with van der Waals surface area (Å²) in [4.78, 5) is 22.7. The number of thiophene rings is 1. The van der Waals surface area contributed by atoms with Crippen molar-refractivity contribution in [2.45, 2.75) is 19.9 Å².